The van der Waals surface area contributed by atoms with E-state index in [1.807, 2.05) is 0 Å². The summed E-state index contributed by atoms with van der Waals surface area (Å²) < 4.78 is 4.46. The van der Waals surface area contributed by atoms with Gasteiger partial charge in [-0.1, -0.05) is 5.21 Å². The number of rotatable bonds is 3. The monoisotopic (exact) mass is 260 g/mol. The van der Waals surface area contributed by atoms with Crippen LogP contribution in [-0.4, -0.2) is 34.6 Å². The summed E-state index contributed by atoms with van der Waals surface area (Å²) >= 11 is 0. The van der Waals surface area contributed by atoms with E-state index in [0.29, 0.717) is 29.8 Å². The molecule has 0 aliphatic heterocycles. The molecule has 0 aliphatic carbocycles. The van der Waals surface area contributed by atoms with Gasteiger partial charge in [0, 0.05) is 13.2 Å². The van der Waals surface area contributed by atoms with Crippen LogP contribution in [0.5, 0.6) is 0 Å². The summed E-state index contributed by atoms with van der Waals surface area (Å²) in [6.07, 6.45) is 4.74. The first kappa shape index (κ1) is 11.4. The lowest BCUT2D eigenvalue weighted by Gasteiger charge is -2.03. The first-order valence-electron chi connectivity index (χ1n) is 5.68. The minimum atomic E-state index is -0.210. The molecule has 9 nitrogen and oxygen atoms in total. The highest BCUT2D eigenvalue weighted by Crippen LogP contribution is 2.02. The predicted molar refractivity (Wildman–Crippen MR) is 67.2 cm³/mol. The molecule has 0 saturated heterocycles. The van der Waals surface area contributed by atoms with Crippen molar-refractivity contribution >= 4 is 16.7 Å². The number of aryl methyl sites for hydroxylation is 3. The van der Waals surface area contributed by atoms with Gasteiger partial charge in [-0.25, -0.2) is 9.36 Å². The molecule has 0 saturated carbocycles. The zero-order valence-electron chi connectivity index (χ0n) is 10.3. The Morgan fingerprint density at radius 1 is 1.26 bits per heavy atom. The third-order valence-electron chi connectivity index (χ3n) is 2.81. The number of hydrogen-bond acceptors (Lipinski definition) is 6. The summed E-state index contributed by atoms with van der Waals surface area (Å²) in [4.78, 5) is 12.1. The molecule has 0 aliphatic rings. The van der Waals surface area contributed by atoms with Crippen LogP contribution in [0.25, 0.3) is 11.0 Å². The third kappa shape index (κ3) is 1.94. The molecule has 19 heavy (non-hydrogen) atoms. The minimum absolute atomic E-state index is 0.210. The first-order valence-corrected chi connectivity index (χ1v) is 5.68. The van der Waals surface area contributed by atoms with Crippen molar-refractivity contribution in [2.75, 3.05) is 5.73 Å². The second-order valence-corrected chi connectivity index (χ2v) is 4.16. The van der Waals surface area contributed by atoms with Gasteiger partial charge in [-0.05, 0) is 0 Å². The van der Waals surface area contributed by atoms with Crippen molar-refractivity contribution in [3.8, 4) is 0 Å². The summed E-state index contributed by atoms with van der Waals surface area (Å²) in [6, 6.07) is 0. The molecule has 0 atom stereocenters. The SMILES string of the molecule is Cn1ncc2c(=O)n(CCn3cc(N)cn3)nnc21. The van der Waals surface area contributed by atoms with Gasteiger partial charge < -0.3 is 5.73 Å². The van der Waals surface area contributed by atoms with E-state index < -0.39 is 0 Å². The Hall–Kier alpha value is -2.71. The number of anilines is 1. The zero-order chi connectivity index (χ0) is 13.4. The Balaban J connectivity index is 1.89. The Labute approximate surface area is 107 Å². The molecule has 0 spiro atoms. The van der Waals surface area contributed by atoms with Crippen molar-refractivity contribution in [1.82, 2.24) is 34.6 Å². The van der Waals surface area contributed by atoms with Crippen LogP contribution in [0.2, 0.25) is 0 Å². The smallest absolute Gasteiger partial charge is 0.280 e. The molecule has 9 heteroatoms. The Kier molecular flexibility index (Phi) is 2.51. The van der Waals surface area contributed by atoms with Crippen LogP contribution in [0.1, 0.15) is 0 Å². The van der Waals surface area contributed by atoms with Crippen LogP contribution < -0.4 is 11.3 Å². The number of nitrogens with zero attached hydrogens (tertiary/aromatic N) is 7. The highest BCUT2D eigenvalue weighted by atomic mass is 16.1. The lowest BCUT2D eigenvalue weighted by molar-refractivity contribution is 0.468. The second-order valence-electron chi connectivity index (χ2n) is 4.16. The largest absolute Gasteiger partial charge is 0.396 e. The molecule has 3 aromatic heterocycles. The van der Waals surface area contributed by atoms with E-state index in [2.05, 4.69) is 20.5 Å². The van der Waals surface area contributed by atoms with Crippen LogP contribution in [-0.2, 0) is 20.1 Å². The summed E-state index contributed by atoms with van der Waals surface area (Å²) in [5.41, 5.74) is 6.41. The lowest BCUT2D eigenvalue weighted by atomic mass is 10.4. The second kappa shape index (κ2) is 4.19. The fourth-order valence-corrected chi connectivity index (χ4v) is 1.82. The Morgan fingerprint density at radius 3 is 2.84 bits per heavy atom. The molecule has 0 bridgehead atoms. The van der Waals surface area contributed by atoms with Gasteiger partial charge in [0.2, 0.25) is 0 Å². The molecule has 0 radical (unpaired) electrons. The maximum atomic E-state index is 12.1. The van der Waals surface area contributed by atoms with Crippen molar-refractivity contribution in [2.45, 2.75) is 13.1 Å². The van der Waals surface area contributed by atoms with Crippen molar-refractivity contribution in [3.63, 3.8) is 0 Å². The highest BCUT2D eigenvalue weighted by Gasteiger charge is 2.09. The molecule has 0 aromatic carbocycles. The van der Waals surface area contributed by atoms with Crippen LogP contribution in [0.4, 0.5) is 5.69 Å². The summed E-state index contributed by atoms with van der Waals surface area (Å²) in [7, 11) is 1.72. The first-order chi connectivity index (χ1) is 9.15. The maximum absolute atomic E-state index is 12.1. The molecular weight excluding hydrogens is 248 g/mol. The van der Waals surface area contributed by atoms with E-state index in [-0.39, 0.29) is 5.56 Å². The quantitative estimate of drug-likeness (QED) is 0.647. The Morgan fingerprint density at radius 2 is 2.11 bits per heavy atom. The van der Waals surface area contributed by atoms with E-state index >= 15 is 0 Å². The van der Waals surface area contributed by atoms with Crippen LogP contribution in [0.3, 0.4) is 0 Å². The topological polar surface area (TPSA) is 109 Å². The van der Waals surface area contributed by atoms with Gasteiger partial charge in [0.25, 0.3) is 5.56 Å². The average molecular weight is 260 g/mol. The van der Waals surface area contributed by atoms with Gasteiger partial charge in [0.1, 0.15) is 5.39 Å². The number of fused-ring (bicyclic) bond motifs is 1. The molecule has 3 heterocycles. The van der Waals surface area contributed by atoms with E-state index in [0.717, 1.165) is 0 Å². The molecule has 98 valence electrons. The van der Waals surface area contributed by atoms with Crippen LogP contribution in [0.15, 0.2) is 23.4 Å². The van der Waals surface area contributed by atoms with Crippen LogP contribution >= 0.6 is 0 Å². The molecule has 2 N–H and O–H groups in total. The summed E-state index contributed by atoms with van der Waals surface area (Å²) in [5.74, 6) is 0. The summed E-state index contributed by atoms with van der Waals surface area (Å²) in [6.45, 7) is 0.870. The van der Waals surface area contributed by atoms with Crippen molar-refractivity contribution in [1.29, 1.82) is 0 Å². The number of nitrogens with two attached hydrogens (primary N) is 1. The highest BCUT2D eigenvalue weighted by molar-refractivity contribution is 5.72. The fraction of sp³-hybridized carbons (Fsp3) is 0.300. The summed E-state index contributed by atoms with van der Waals surface area (Å²) in [5, 5.41) is 16.3. The maximum Gasteiger partial charge on any atom is 0.280 e. The predicted octanol–water partition coefficient (Wildman–Crippen LogP) is -0.996. The number of aromatic nitrogens is 7. The van der Waals surface area contributed by atoms with Gasteiger partial charge in [0.05, 0.1) is 31.2 Å². The van der Waals surface area contributed by atoms with Crippen LogP contribution in [0, 0.1) is 0 Å². The zero-order valence-corrected chi connectivity index (χ0v) is 10.3. The average Bonchev–Trinajstić information content (AvgIpc) is 2.96. The van der Waals surface area contributed by atoms with E-state index in [1.54, 1.807) is 24.1 Å². The van der Waals surface area contributed by atoms with Gasteiger partial charge in [-0.2, -0.15) is 10.2 Å². The van der Waals surface area contributed by atoms with E-state index in [9.17, 15) is 4.79 Å². The molecule has 0 fully saturated rings. The van der Waals surface area contributed by atoms with Crippen molar-refractivity contribution in [2.24, 2.45) is 7.05 Å². The third-order valence-corrected chi connectivity index (χ3v) is 2.81. The molecule has 0 amide bonds. The van der Waals surface area contributed by atoms with Crippen molar-refractivity contribution in [3.05, 3.63) is 28.9 Å². The van der Waals surface area contributed by atoms with Crippen molar-refractivity contribution < 1.29 is 0 Å². The molecule has 0 unspecified atom stereocenters. The van der Waals surface area contributed by atoms with E-state index in [4.69, 9.17) is 5.73 Å². The number of hydrogen-bond donors (Lipinski definition) is 1. The molecule has 3 aromatic rings. The van der Waals surface area contributed by atoms with Gasteiger partial charge in [0.15, 0.2) is 5.65 Å². The normalized spacial score (nSPS) is 11.2. The van der Waals surface area contributed by atoms with E-state index in [1.165, 1.54) is 15.6 Å². The fourth-order valence-electron chi connectivity index (χ4n) is 1.82. The molecule has 3 rings (SSSR count). The van der Waals surface area contributed by atoms with Gasteiger partial charge in [-0.15, -0.1) is 5.10 Å². The lowest BCUT2D eigenvalue weighted by Crippen LogP contribution is -2.26. The number of nitrogen functional groups attached to an aromatic ring is 1. The minimum Gasteiger partial charge on any atom is -0.396 e. The standard InChI is InChI=1S/C10H12N8O/c1-16-9-8(5-12-16)10(19)18(15-14-9)3-2-17-6-7(11)4-13-17/h4-6H,2-3,11H2,1H3. The van der Waals surface area contributed by atoms with Gasteiger partial charge >= 0.3 is 0 Å². The molecular formula is C10H12N8O. The Bertz CT molecular complexity index is 782. The van der Waals surface area contributed by atoms with Gasteiger partial charge in [-0.3, -0.25) is 9.48 Å².